The molecular weight excluding hydrogens is 246 g/mol. The Morgan fingerprint density at radius 2 is 2.15 bits per heavy atom. The number of ketones is 1. The lowest BCUT2D eigenvalue weighted by Gasteiger charge is -2.32. The fraction of sp³-hybridized carbons (Fsp3) is 0.611. The Labute approximate surface area is 122 Å². The van der Waals surface area contributed by atoms with Crippen molar-refractivity contribution in [2.75, 3.05) is 6.54 Å². The van der Waals surface area contributed by atoms with Crippen molar-refractivity contribution in [3.8, 4) is 0 Å². The van der Waals surface area contributed by atoms with Crippen molar-refractivity contribution in [3.05, 3.63) is 35.4 Å². The summed E-state index contributed by atoms with van der Waals surface area (Å²) in [6.45, 7) is 3.99. The Kier molecular flexibility index (Phi) is 4.21. The van der Waals surface area contributed by atoms with Crippen LogP contribution in [0.4, 0.5) is 0 Å². The van der Waals surface area contributed by atoms with E-state index in [9.17, 15) is 4.79 Å². The van der Waals surface area contributed by atoms with Crippen LogP contribution in [0.15, 0.2) is 24.3 Å². The number of rotatable bonds is 3. The molecule has 3 unspecified atom stereocenters. The van der Waals surface area contributed by atoms with Crippen LogP contribution in [0.2, 0.25) is 0 Å². The molecule has 0 spiro atoms. The van der Waals surface area contributed by atoms with Gasteiger partial charge in [0.1, 0.15) is 5.78 Å². The lowest BCUT2D eigenvalue weighted by Crippen LogP contribution is -2.36. The highest BCUT2D eigenvalue weighted by atomic mass is 16.1. The minimum atomic E-state index is 0.0838. The predicted molar refractivity (Wildman–Crippen MR) is 81.6 cm³/mol. The smallest absolute Gasteiger partial charge is 0.144 e. The molecular formula is C18H25NO. The SMILES string of the molecule is CCC1CCCC(C(=O)C2CNCc3ccccc32)C1. The number of Topliss-reactive ketones (excluding diaryl/α,β-unsaturated/α-hetero) is 1. The molecule has 1 fully saturated rings. The maximum Gasteiger partial charge on any atom is 0.144 e. The molecule has 20 heavy (non-hydrogen) atoms. The predicted octanol–water partition coefficient (Wildman–Crippen LogP) is 3.66. The monoisotopic (exact) mass is 271 g/mol. The van der Waals surface area contributed by atoms with Crippen molar-refractivity contribution in [2.45, 2.75) is 51.5 Å². The highest BCUT2D eigenvalue weighted by Gasteiger charge is 2.33. The zero-order chi connectivity index (χ0) is 13.9. The largest absolute Gasteiger partial charge is 0.312 e. The lowest BCUT2D eigenvalue weighted by atomic mass is 9.73. The molecule has 1 N–H and O–H groups in total. The van der Waals surface area contributed by atoms with E-state index in [2.05, 4.69) is 36.5 Å². The van der Waals surface area contributed by atoms with E-state index in [4.69, 9.17) is 0 Å². The van der Waals surface area contributed by atoms with Crippen LogP contribution in [0.1, 0.15) is 56.1 Å². The van der Waals surface area contributed by atoms with Crippen LogP contribution in [-0.2, 0) is 11.3 Å². The van der Waals surface area contributed by atoms with E-state index < -0.39 is 0 Å². The van der Waals surface area contributed by atoms with Gasteiger partial charge < -0.3 is 5.32 Å². The van der Waals surface area contributed by atoms with Gasteiger partial charge in [-0.05, 0) is 29.9 Å². The van der Waals surface area contributed by atoms with Crippen molar-refractivity contribution in [1.82, 2.24) is 5.32 Å². The number of hydrogen-bond acceptors (Lipinski definition) is 2. The quantitative estimate of drug-likeness (QED) is 0.909. The summed E-state index contributed by atoms with van der Waals surface area (Å²) < 4.78 is 0. The molecule has 0 radical (unpaired) electrons. The Morgan fingerprint density at radius 1 is 1.30 bits per heavy atom. The average molecular weight is 271 g/mol. The van der Waals surface area contributed by atoms with Gasteiger partial charge in [0.05, 0.1) is 5.92 Å². The van der Waals surface area contributed by atoms with Gasteiger partial charge in [0.25, 0.3) is 0 Å². The molecule has 0 amide bonds. The number of hydrogen-bond donors (Lipinski definition) is 1. The number of nitrogens with one attached hydrogen (secondary N) is 1. The zero-order valence-corrected chi connectivity index (χ0v) is 12.4. The van der Waals surface area contributed by atoms with E-state index in [-0.39, 0.29) is 5.92 Å². The second-order valence-corrected chi connectivity index (χ2v) is 6.42. The van der Waals surface area contributed by atoms with E-state index in [1.807, 2.05) is 0 Å². The molecule has 1 heterocycles. The second-order valence-electron chi connectivity index (χ2n) is 6.42. The molecule has 1 aliphatic heterocycles. The third kappa shape index (κ3) is 2.67. The van der Waals surface area contributed by atoms with Gasteiger partial charge in [-0.15, -0.1) is 0 Å². The van der Waals surface area contributed by atoms with Crippen LogP contribution in [-0.4, -0.2) is 12.3 Å². The van der Waals surface area contributed by atoms with Gasteiger partial charge in [0, 0.05) is 19.0 Å². The third-order valence-corrected chi connectivity index (χ3v) is 5.20. The zero-order valence-electron chi connectivity index (χ0n) is 12.4. The molecule has 3 atom stereocenters. The van der Waals surface area contributed by atoms with Gasteiger partial charge in [-0.1, -0.05) is 50.5 Å². The van der Waals surface area contributed by atoms with Crippen molar-refractivity contribution in [3.63, 3.8) is 0 Å². The number of carbonyl (C=O) groups is 1. The van der Waals surface area contributed by atoms with Crippen molar-refractivity contribution in [2.24, 2.45) is 11.8 Å². The highest BCUT2D eigenvalue weighted by Crippen LogP contribution is 2.36. The molecule has 1 aromatic rings. The molecule has 1 aromatic carbocycles. The van der Waals surface area contributed by atoms with Crippen LogP contribution in [0.25, 0.3) is 0 Å². The van der Waals surface area contributed by atoms with Gasteiger partial charge in [0.2, 0.25) is 0 Å². The van der Waals surface area contributed by atoms with Crippen LogP contribution in [0, 0.1) is 11.8 Å². The maximum absolute atomic E-state index is 12.9. The molecule has 1 aliphatic carbocycles. The van der Waals surface area contributed by atoms with Crippen LogP contribution >= 0.6 is 0 Å². The fourth-order valence-electron chi connectivity index (χ4n) is 3.95. The first-order valence-electron chi connectivity index (χ1n) is 8.11. The van der Waals surface area contributed by atoms with Crippen molar-refractivity contribution < 1.29 is 4.79 Å². The van der Waals surface area contributed by atoms with Gasteiger partial charge in [-0.3, -0.25) is 4.79 Å². The topological polar surface area (TPSA) is 29.1 Å². The summed E-state index contributed by atoms with van der Waals surface area (Å²) in [5, 5.41) is 3.42. The number of fused-ring (bicyclic) bond motifs is 1. The summed E-state index contributed by atoms with van der Waals surface area (Å²) in [5.41, 5.74) is 2.58. The van der Waals surface area contributed by atoms with E-state index in [1.165, 1.54) is 30.4 Å². The van der Waals surface area contributed by atoms with E-state index >= 15 is 0 Å². The fourth-order valence-corrected chi connectivity index (χ4v) is 3.95. The standard InChI is InChI=1S/C18H25NO/c1-2-13-6-5-8-14(10-13)18(20)17-12-19-11-15-7-3-4-9-16(15)17/h3-4,7,9,13-14,17,19H,2,5-6,8,10-12H2,1H3. The van der Waals surface area contributed by atoms with E-state index in [0.717, 1.165) is 31.8 Å². The molecule has 2 nitrogen and oxygen atoms in total. The summed E-state index contributed by atoms with van der Waals surface area (Å²) in [7, 11) is 0. The van der Waals surface area contributed by atoms with Gasteiger partial charge in [0.15, 0.2) is 0 Å². The van der Waals surface area contributed by atoms with Crippen LogP contribution in [0.5, 0.6) is 0 Å². The van der Waals surface area contributed by atoms with Crippen LogP contribution < -0.4 is 5.32 Å². The number of benzene rings is 1. The van der Waals surface area contributed by atoms with Crippen molar-refractivity contribution >= 4 is 5.78 Å². The summed E-state index contributed by atoms with van der Waals surface area (Å²) >= 11 is 0. The molecule has 0 bridgehead atoms. The van der Waals surface area contributed by atoms with Crippen molar-refractivity contribution in [1.29, 1.82) is 0 Å². The Balaban J connectivity index is 1.78. The molecule has 3 rings (SSSR count). The minimum absolute atomic E-state index is 0.0838. The lowest BCUT2D eigenvalue weighted by molar-refractivity contribution is -0.125. The summed E-state index contributed by atoms with van der Waals surface area (Å²) in [5.74, 6) is 1.64. The Morgan fingerprint density at radius 3 is 3.00 bits per heavy atom. The molecule has 2 aliphatic rings. The van der Waals surface area contributed by atoms with Gasteiger partial charge in [-0.2, -0.15) is 0 Å². The highest BCUT2D eigenvalue weighted by molar-refractivity contribution is 5.88. The Hall–Kier alpha value is -1.15. The van der Waals surface area contributed by atoms with Gasteiger partial charge in [-0.25, -0.2) is 0 Å². The second kappa shape index (κ2) is 6.09. The van der Waals surface area contributed by atoms with E-state index in [1.54, 1.807) is 0 Å². The average Bonchev–Trinajstić information content (AvgIpc) is 2.53. The molecule has 108 valence electrons. The Bertz CT molecular complexity index is 482. The first-order valence-corrected chi connectivity index (χ1v) is 8.11. The first-order chi connectivity index (χ1) is 9.79. The van der Waals surface area contributed by atoms with E-state index in [0.29, 0.717) is 11.7 Å². The molecule has 2 heteroatoms. The number of carbonyl (C=O) groups excluding carboxylic acids is 1. The normalized spacial score (nSPS) is 29.8. The van der Waals surface area contributed by atoms with Crippen LogP contribution in [0.3, 0.4) is 0 Å². The molecule has 0 aromatic heterocycles. The third-order valence-electron chi connectivity index (χ3n) is 5.20. The first kappa shape index (κ1) is 13.8. The maximum atomic E-state index is 12.9. The minimum Gasteiger partial charge on any atom is -0.312 e. The van der Waals surface area contributed by atoms with Gasteiger partial charge >= 0.3 is 0 Å². The summed E-state index contributed by atoms with van der Waals surface area (Å²) in [6.07, 6.45) is 6.00. The molecule has 0 saturated heterocycles. The summed E-state index contributed by atoms with van der Waals surface area (Å²) in [4.78, 5) is 12.9. The summed E-state index contributed by atoms with van der Waals surface area (Å²) in [6, 6.07) is 8.44. The molecule has 1 saturated carbocycles.